The second-order valence-electron chi connectivity index (χ2n) is 6.33. The summed E-state index contributed by atoms with van der Waals surface area (Å²) in [6, 6.07) is 24.9. The van der Waals surface area contributed by atoms with E-state index in [1.165, 1.54) is 0 Å². The summed E-state index contributed by atoms with van der Waals surface area (Å²) in [6.45, 7) is 0.122. The van der Waals surface area contributed by atoms with Gasteiger partial charge in [-0.1, -0.05) is 54.6 Å². The maximum Gasteiger partial charge on any atom is 0.255 e. The molecule has 29 heavy (non-hydrogen) atoms. The van der Waals surface area contributed by atoms with E-state index in [1.807, 2.05) is 72.8 Å². The first kappa shape index (κ1) is 18.4. The first-order chi connectivity index (χ1) is 14.2. The number of carbonyl (C=O) groups excluding carboxylic acids is 1. The number of aromatic nitrogens is 2. The van der Waals surface area contributed by atoms with E-state index in [9.17, 15) is 4.79 Å². The molecule has 0 aliphatic carbocycles. The summed E-state index contributed by atoms with van der Waals surface area (Å²) in [5.74, 6) is 0.964. The van der Waals surface area contributed by atoms with E-state index >= 15 is 0 Å². The van der Waals surface area contributed by atoms with Crippen molar-refractivity contribution in [2.45, 2.75) is 6.54 Å². The van der Waals surface area contributed by atoms with Crippen LogP contribution in [-0.2, 0) is 6.54 Å². The van der Waals surface area contributed by atoms with E-state index in [-0.39, 0.29) is 12.5 Å². The van der Waals surface area contributed by atoms with Gasteiger partial charge in [0.2, 0.25) is 11.8 Å². The third-order valence-electron chi connectivity index (χ3n) is 4.44. The van der Waals surface area contributed by atoms with E-state index in [1.54, 1.807) is 13.2 Å². The van der Waals surface area contributed by atoms with Gasteiger partial charge in [0, 0.05) is 5.56 Å². The highest BCUT2D eigenvalue weighted by Gasteiger charge is 2.15. The summed E-state index contributed by atoms with van der Waals surface area (Å²) in [5, 5.41) is 10.9. The zero-order valence-corrected chi connectivity index (χ0v) is 15.8. The van der Waals surface area contributed by atoms with E-state index < -0.39 is 0 Å². The number of amides is 1. The molecule has 3 aromatic carbocycles. The molecule has 1 amide bonds. The van der Waals surface area contributed by atoms with E-state index in [4.69, 9.17) is 9.15 Å². The van der Waals surface area contributed by atoms with Crippen molar-refractivity contribution in [2.75, 3.05) is 7.11 Å². The Balaban J connectivity index is 1.50. The highest BCUT2D eigenvalue weighted by atomic mass is 16.5. The number of hydrogen-bond acceptors (Lipinski definition) is 5. The molecule has 0 aliphatic rings. The molecule has 0 atom stereocenters. The van der Waals surface area contributed by atoms with Crippen molar-refractivity contribution in [2.24, 2.45) is 0 Å². The number of carbonyl (C=O) groups is 1. The standard InChI is InChI=1S/C23H19N3O3/c1-28-20-13-12-18(16-8-4-2-5-9-16)14-19(20)22(27)24-15-21-25-26-23(29-21)17-10-6-3-7-11-17/h2-14H,15H2,1H3,(H,24,27). The maximum absolute atomic E-state index is 12.8. The fourth-order valence-electron chi connectivity index (χ4n) is 2.97. The molecule has 0 fully saturated rings. The van der Waals surface area contributed by atoms with Crippen LogP contribution < -0.4 is 10.1 Å². The van der Waals surface area contributed by atoms with Crippen LogP contribution in [0.5, 0.6) is 5.75 Å². The van der Waals surface area contributed by atoms with Crippen molar-refractivity contribution in [3.63, 3.8) is 0 Å². The minimum Gasteiger partial charge on any atom is -0.496 e. The van der Waals surface area contributed by atoms with Crippen molar-refractivity contribution < 1.29 is 13.9 Å². The zero-order valence-electron chi connectivity index (χ0n) is 15.8. The Labute approximate surface area is 168 Å². The van der Waals surface area contributed by atoms with Gasteiger partial charge < -0.3 is 14.5 Å². The van der Waals surface area contributed by atoms with E-state index in [2.05, 4.69) is 15.5 Å². The largest absolute Gasteiger partial charge is 0.496 e. The fraction of sp³-hybridized carbons (Fsp3) is 0.0870. The topological polar surface area (TPSA) is 77.2 Å². The molecule has 144 valence electrons. The van der Waals surface area contributed by atoms with Gasteiger partial charge in [-0.05, 0) is 35.4 Å². The highest BCUT2D eigenvalue weighted by Crippen LogP contribution is 2.26. The fourth-order valence-corrected chi connectivity index (χ4v) is 2.97. The molecule has 0 unspecified atom stereocenters. The number of benzene rings is 3. The first-order valence-electron chi connectivity index (χ1n) is 9.14. The second kappa shape index (κ2) is 8.39. The average molecular weight is 385 g/mol. The predicted octanol–water partition coefficient (Wildman–Crippen LogP) is 4.34. The number of nitrogens with one attached hydrogen (secondary N) is 1. The highest BCUT2D eigenvalue weighted by molar-refractivity contribution is 5.98. The molecule has 0 aliphatic heterocycles. The summed E-state index contributed by atoms with van der Waals surface area (Å²) in [6.07, 6.45) is 0. The van der Waals surface area contributed by atoms with E-state index in [0.717, 1.165) is 16.7 Å². The van der Waals surface area contributed by atoms with Gasteiger partial charge in [0.05, 0.1) is 19.2 Å². The van der Waals surface area contributed by atoms with Gasteiger partial charge >= 0.3 is 0 Å². The Morgan fingerprint density at radius 3 is 2.28 bits per heavy atom. The van der Waals surface area contributed by atoms with Crippen LogP contribution in [0, 0.1) is 0 Å². The zero-order chi connectivity index (χ0) is 20.1. The Hall–Kier alpha value is -3.93. The minimum atomic E-state index is -0.279. The van der Waals surface area contributed by atoms with Gasteiger partial charge in [-0.15, -0.1) is 10.2 Å². The molecule has 4 aromatic rings. The average Bonchev–Trinajstić information content (AvgIpc) is 3.27. The minimum absolute atomic E-state index is 0.122. The van der Waals surface area contributed by atoms with Gasteiger partial charge in [-0.25, -0.2) is 0 Å². The van der Waals surface area contributed by atoms with Gasteiger partial charge in [0.1, 0.15) is 5.75 Å². The lowest BCUT2D eigenvalue weighted by Crippen LogP contribution is -2.23. The molecule has 4 rings (SSSR count). The lowest BCUT2D eigenvalue weighted by molar-refractivity contribution is 0.0944. The molecular formula is C23H19N3O3. The summed E-state index contributed by atoms with van der Waals surface area (Å²) < 4.78 is 11.0. The molecular weight excluding hydrogens is 366 g/mol. The summed E-state index contributed by atoms with van der Waals surface area (Å²) in [4.78, 5) is 12.8. The van der Waals surface area contributed by atoms with Crippen molar-refractivity contribution in [1.29, 1.82) is 0 Å². The Morgan fingerprint density at radius 2 is 1.59 bits per heavy atom. The van der Waals surface area contributed by atoms with Crippen LogP contribution in [0.15, 0.2) is 83.3 Å². The van der Waals surface area contributed by atoms with Crippen LogP contribution in [0.2, 0.25) is 0 Å². The molecule has 1 heterocycles. The van der Waals surface area contributed by atoms with Crippen LogP contribution in [-0.4, -0.2) is 23.2 Å². The second-order valence-corrected chi connectivity index (χ2v) is 6.33. The third kappa shape index (κ3) is 4.16. The molecule has 0 saturated heterocycles. The van der Waals surface area contributed by atoms with Gasteiger partial charge in [0.25, 0.3) is 5.91 Å². The van der Waals surface area contributed by atoms with Crippen molar-refractivity contribution in [1.82, 2.24) is 15.5 Å². The van der Waals surface area contributed by atoms with Crippen LogP contribution in [0.3, 0.4) is 0 Å². The molecule has 0 radical (unpaired) electrons. The van der Waals surface area contributed by atoms with Gasteiger partial charge in [-0.2, -0.15) is 0 Å². The molecule has 6 heteroatoms. The lowest BCUT2D eigenvalue weighted by Gasteiger charge is -2.11. The summed E-state index contributed by atoms with van der Waals surface area (Å²) in [5.41, 5.74) is 3.22. The number of nitrogens with zero attached hydrogens (tertiary/aromatic N) is 2. The van der Waals surface area contributed by atoms with Crippen molar-refractivity contribution >= 4 is 5.91 Å². The predicted molar refractivity (Wildman–Crippen MR) is 109 cm³/mol. The van der Waals surface area contributed by atoms with Crippen LogP contribution in [0.4, 0.5) is 0 Å². The summed E-state index contributed by atoms with van der Waals surface area (Å²) in [7, 11) is 1.54. The van der Waals surface area contributed by atoms with Crippen molar-refractivity contribution in [3.05, 3.63) is 90.3 Å². The number of methoxy groups -OCH3 is 1. The Kier molecular flexibility index (Phi) is 5.33. The molecule has 1 aromatic heterocycles. The SMILES string of the molecule is COc1ccc(-c2ccccc2)cc1C(=O)NCc1nnc(-c2ccccc2)o1. The molecule has 6 nitrogen and oxygen atoms in total. The molecule has 0 saturated carbocycles. The maximum atomic E-state index is 12.8. The third-order valence-corrected chi connectivity index (χ3v) is 4.44. The Bertz CT molecular complexity index is 1110. The molecule has 0 spiro atoms. The van der Waals surface area contributed by atoms with Crippen LogP contribution in [0.25, 0.3) is 22.6 Å². The van der Waals surface area contributed by atoms with Gasteiger partial charge in [-0.3, -0.25) is 4.79 Å². The monoisotopic (exact) mass is 385 g/mol. The van der Waals surface area contributed by atoms with Crippen LogP contribution in [0.1, 0.15) is 16.2 Å². The molecule has 0 bridgehead atoms. The van der Waals surface area contributed by atoms with E-state index in [0.29, 0.717) is 23.1 Å². The number of rotatable bonds is 6. The van der Waals surface area contributed by atoms with Crippen molar-refractivity contribution in [3.8, 4) is 28.3 Å². The van der Waals surface area contributed by atoms with Crippen LogP contribution >= 0.6 is 0 Å². The Morgan fingerprint density at radius 1 is 0.897 bits per heavy atom. The number of hydrogen-bond donors (Lipinski definition) is 1. The quantitative estimate of drug-likeness (QED) is 0.534. The van der Waals surface area contributed by atoms with Gasteiger partial charge in [0.15, 0.2) is 0 Å². The molecule has 1 N–H and O–H groups in total. The normalized spacial score (nSPS) is 10.5. The lowest BCUT2D eigenvalue weighted by atomic mass is 10.0. The summed E-state index contributed by atoms with van der Waals surface area (Å²) >= 11 is 0. The first-order valence-corrected chi connectivity index (χ1v) is 9.14. The smallest absolute Gasteiger partial charge is 0.255 e. The number of ether oxygens (including phenoxy) is 1.